The number of imide groups is 2. The molecular formula is C19H12ClN3O5S. The van der Waals surface area contributed by atoms with Crippen molar-refractivity contribution in [2.24, 2.45) is 0 Å². The fraction of sp³-hybridized carbons (Fsp3) is 0.0526. The van der Waals surface area contributed by atoms with Crippen molar-refractivity contribution in [1.82, 2.24) is 5.32 Å². The summed E-state index contributed by atoms with van der Waals surface area (Å²) in [6.07, 6.45) is 1.25. The van der Waals surface area contributed by atoms with Gasteiger partial charge in [0.1, 0.15) is 11.0 Å². The first kappa shape index (κ1) is 20.3. The van der Waals surface area contributed by atoms with E-state index in [0.29, 0.717) is 22.3 Å². The Morgan fingerprint density at radius 2 is 1.93 bits per heavy atom. The predicted octanol–water partition coefficient (Wildman–Crippen LogP) is 3.29. The third kappa shape index (κ3) is 4.03. The smallest absolute Gasteiger partial charge is 0.335 e. The first-order valence-electron chi connectivity index (χ1n) is 7.99. The van der Waals surface area contributed by atoms with E-state index >= 15 is 0 Å². The maximum atomic E-state index is 12.9. The Morgan fingerprint density at radius 3 is 2.55 bits per heavy atom. The summed E-state index contributed by atoms with van der Waals surface area (Å²) in [6.45, 7) is 0. The number of carbonyl (C=O) groups excluding carboxylic acids is 3. The first-order chi connectivity index (χ1) is 13.8. The standard InChI is InChI=1S/C19H12ClN3O5S/c1-28-14-7-10(8-15(16(14)24)29-9-21)6-13-17(25)22-19(27)23(18(13)26)12-4-2-11(20)3-5-12/h2-8,24H,1H3,(H,22,25,27)/b13-6-. The van der Waals surface area contributed by atoms with Crippen LogP contribution in [0, 0.1) is 10.7 Å². The number of rotatable bonds is 4. The van der Waals surface area contributed by atoms with Gasteiger partial charge in [-0.25, -0.2) is 9.69 Å². The van der Waals surface area contributed by atoms with Gasteiger partial charge in [0.15, 0.2) is 11.5 Å². The zero-order chi connectivity index (χ0) is 21.1. The quantitative estimate of drug-likeness (QED) is 0.331. The molecular weight excluding hydrogens is 418 g/mol. The Bertz CT molecular complexity index is 1090. The maximum Gasteiger partial charge on any atom is 0.335 e. The number of halogens is 1. The molecule has 0 spiro atoms. The second kappa shape index (κ2) is 8.26. The minimum absolute atomic E-state index is 0.0615. The summed E-state index contributed by atoms with van der Waals surface area (Å²) in [5, 5.41) is 23.3. The molecule has 0 bridgehead atoms. The third-order valence-electron chi connectivity index (χ3n) is 3.94. The van der Waals surface area contributed by atoms with Gasteiger partial charge in [0, 0.05) is 5.02 Å². The fourth-order valence-corrected chi connectivity index (χ4v) is 3.23. The predicted molar refractivity (Wildman–Crippen MR) is 107 cm³/mol. The van der Waals surface area contributed by atoms with Gasteiger partial charge < -0.3 is 9.84 Å². The Kier molecular flexibility index (Phi) is 5.77. The lowest BCUT2D eigenvalue weighted by Crippen LogP contribution is -2.54. The summed E-state index contributed by atoms with van der Waals surface area (Å²) in [5.41, 5.74) is 0.251. The summed E-state index contributed by atoms with van der Waals surface area (Å²) in [6, 6.07) is 7.89. The molecule has 0 unspecified atom stereocenters. The van der Waals surface area contributed by atoms with Crippen molar-refractivity contribution >= 4 is 53.0 Å². The molecule has 10 heteroatoms. The van der Waals surface area contributed by atoms with E-state index in [1.165, 1.54) is 49.6 Å². The van der Waals surface area contributed by atoms with Gasteiger partial charge in [-0.3, -0.25) is 14.9 Å². The van der Waals surface area contributed by atoms with Crippen LogP contribution in [0.3, 0.4) is 0 Å². The van der Waals surface area contributed by atoms with Gasteiger partial charge in [0.05, 0.1) is 17.7 Å². The van der Waals surface area contributed by atoms with Crippen LogP contribution >= 0.6 is 23.4 Å². The molecule has 2 aromatic rings. The molecule has 1 saturated heterocycles. The number of phenolic OH excluding ortho intramolecular Hbond substituents is 1. The summed E-state index contributed by atoms with van der Waals surface area (Å²) in [7, 11) is 1.33. The van der Waals surface area contributed by atoms with Gasteiger partial charge in [-0.15, -0.1) is 0 Å². The van der Waals surface area contributed by atoms with E-state index in [4.69, 9.17) is 21.6 Å². The SMILES string of the molecule is COc1cc(/C=C2/C(=O)NC(=O)N(c3ccc(Cl)cc3)C2=O)cc(SC#N)c1O. The van der Waals surface area contributed by atoms with E-state index in [1.54, 1.807) is 0 Å². The van der Waals surface area contributed by atoms with E-state index < -0.39 is 17.8 Å². The summed E-state index contributed by atoms with van der Waals surface area (Å²) < 4.78 is 5.07. The number of urea groups is 1. The molecule has 4 amide bonds. The highest BCUT2D eigenvalue weighted by molar-refractivity contribution is 8.03. The molecule has 0 aliphatic carbocycles. The van der Waals surface area contributed by atoms with Crippen LogP contribution in [0.15, 0.2) is 46.9 Å². The average Bonchev–Trinajstić information content (AvgIpc) is 2.68. The number of hydrogen-bond donors (Lipinski definition) is 2. The summed E-state index contributed by atoms with van der Waals surface area (Å²) in [4.78, 5) is 38.4. The van der Waals surface area contributed by atoms with Gasteiger partial charge in [0.25, 0.3) is 11.8 Å². The van der Waals surface area contributed by atoms with E-state index in [9.17, 15) is 19.5 Å². The van der Waals surface area contributed by atoms with Crippen LogP contribution in [-0.2, 0) is 9.59 Å². The molecule has 1 aliphatic rings. The van der Waals surface area contributed by atoms with Crippen molar-refractivity contribution in [2.75, 3.05) is 12.0 Å². The molecule has 0 saturated carbocycles. The number of nitriles is 1. The topological polar surface area (TPSA) is 120 Å². The van der Waals surface area contributed by atoms with E-state index in [-0.39, 0.29) is 27.7 Å². The second-order valence-electron chi connectivity index (χ2n) is 5.70. The molecule has 2 aromatic carbocycles. The van der Waals surface area contributed by atoms with Gasteiger partial charge in [-0.2, -0.15) is 5.26 Å². The normalized spacial score (nSPS) is 15.3. The number of carbonyl (C=O) groups is 3. The number of anilines is 1. The molecule has 146 valence electrons. The number of thiocyanates is 1. The Labute approximate surface area is 174 Å². The number of barbiturate groups is 1. The third-order valence-corrected chi connectivity index (χ3v) is 4.81. The average molecular weight is 430 g/mol. The van der Waals surface area contributed by atoms with Crippen molar-refractivity contribution in [3.05, 3.63) is 52.6 Å². The number of nitrogens with zero attached hydrogens (tertiary/aromatic N) is 2. The first-order valence-corrected chi connectivity index (χ1v) is 9.19. The highest BCUT2D eigenvalue weighted by Gasteiger charge is 2.36. The van der Waals surface area contributed by atoms with E-state index in [2.05, 4.69) is 5.32 Å². The number of phenols is 1. The van der Waals surface area contributed by atoms with Crippen LogP contribution in [0.2, 0.25) is 5.02 Å². The molecule has 0 radical (unpaired) electrons. The zero-order valence-electron chi connectivity index (χ0n) is 14.8. The van der Waals surface area contributed by atoms with Gasteiger partial charge in [0.2, 0.25) is 0 Å². The number of benzene rings is 2. The van der Waals surface area contributed by atoms with Crippen LogP contribution in [0.25, 0.3) is 6.08 Å². The highest BCUT2D eigenvalue weighted by Crippen LogP contribution is 2.38. The van der Waals surface area contributed by atoms with Crippen LogP contribution in [-0.4, -0.2) is 30.1 Å². The second-order valence-corrected chi connectivity index (χ2v) is 6.96. The van der Waals surface area contributed by atoms with Crippen molar-refractivity contribution in [2.45, 2.75) is 4.90 Å². The van der Waals surface area contributed by atoms with Gasteiger partial charge >= 0.3 is 6.03 Å². The lowest BCUT2D eigenvalue weighted by atomic mass is 10.1. The molecule has 1 fully saturated rings. The zero-order valence-corrected chi connectivity index (χ0v) is 16.4. The van der Waals surface area contributed by atoms with Crippen LogP contribution in [0.4, 0.5) is 10.5 Å². The molecule has 1 aliphatic heterocycles. The van der Waals surface area contributed by atoms with Crippen molar-refractivity contribution < 1.29 is 24.2 Å². The molecule has 8 nitrogen and oxygen atoms in total. The lowest BCUT2D eigenvalue weighted by molar-refractivity contribution is -0.122. The maximum absolute atomic E-state index is 12.9. The van der Waals surface area contributed by atoms with Crippen LogP contribution in [0.1, 0.15) is 5.56 Å². The van der Waals surface area contributed by atoms with E-state index in [1.807, 2.05) is 5.40 Å². The number of amides is 4. The molecule has 3 rings (SSSR count). The van der Waals surface area contributed by atoms with Crippen molar-refractivity contribution in [1.29, 1.82) is 5.26 Å². The number of aromatic hydroxyl groups is 1. The Balaban J connectivity index is 2.06. The number of thioether (sulfide) groups is 1. The molecule has 0 atom stereocenters. The number of methoxy groups -OCH3 is 1. The molecule has 29 heavy (non-hydrogen) atoms. The highest BCUT2D eigenvalue weighted by atomic mass is 35.5. The van der Waals surface area contributed by atoms with Crippen LogP contribution in [0.5, 0.6) is 11.5 Å². The van der Waals surface area contributed by atoms with Crippen molar-refractivity contribution in [3.8, 4) is 16.9 Å². The largest absolute Gasteiger partial charge is 0.503 e. The number of hydrogen-bond acceptors (Lipinski definition) is 7. The molecule has 2 N–H and O–H groups in total. The van der Waals surface area contributed by atoms with Gasteiger partial charge in [-0.1, -0.05) is 11.6 Å². The van der Waals surface area contributed by atoms with E-state index in [0.717, 1.165) is 4.90 Å². The van der Waals surface area contributed by atoms with Gasteiger partial charge in [-0.05, 0) is 59.8 Å². The lowest BCUT2D eigenvalue weighted by Gasteiger charge is -2.26. The number of ether oxygens (including phenoxy) is 1. The Morgan fingerprint density at radius 1 is 1.24 bits per heavy atom. The number of nitrogens with one attached hydrogen (secondary N) is 1. The van der Waals surface area contributed by atoms with Crippen LogP contribution < -0.4 is 15.0 Å². The fourth-order valence-electron chi connectivity index (χ4n) is 2.62. The minimum atomic E-state index is -0.886. The Hall–Kier alpha value is -3.48. The summed E-state index contributed by atoms with van der Waals surface area (Å²) >= 11 is 6.53. The van der Waals surface area contributed by atoms with Crippen molar-refractivity contribution in [3.63, 3.8) is 0 Å². The summed E-state index contributed by atoms with van der Waals surface area (Å²) in [5.74, 6) is -1.88. The minimum Gasteiger partial charge on any atom is -0.503 e. The molecule has 1 heterocycles. The molecule has 0 aromatic heterocycles. The monoisotopic (exact) mass is 429 g/mol.